The predicted octanol–water partition coefficient (Wildman–Crippen LogP) is 2.14. The summed E-state index contributed by atoms with van der Waals surface area (Å²) in [6.07, 6.45) is 0.273. The number of carbonyl (C=O) groups excluding carboxylic acids is 1. The highest BCUT2D eigenvalue weighted by Gasteiger charge is 2.25. The third kappa shape index (κ3) is 4.62. The second-order valence-corrected chi connectivity index (χ2v) is 6.41. The van der Waals surface area contributed by atoms with Crippen LogP contribution in [-0.4, -0.2) is 38.0 Å². The molecule has 0 unspecified atom stereocenters. The number of hydrogen-bond donors (Lipinski definition) is 2. The number of aromatic nitrogens is 3. The van der Waals surface area contributed by atoms with Gasteiger partial charge in [0.1, 0.15) is 17.7 Å². The molecular formula is C17H20F2N4O3. The lowest BCUT2D eigenvalue weighted by atomic mass is 10.0. The maximum atomic E-state index is 13.8. The Morgan fingerprint density at radius 2 is 2.00 bits per heavy atom. The summed E-state index contributed by atoms with van der Waals surface area (Å²) in [7, 11) is 0. The molecule has 0 saturated carbocycles. The molecule has 2 aromatic rings. The number of rotatable bonds is 7. The van der Waals surface area contributed by atoms with Crippen molar-refractivity contribution < 1.29 is 23.5 Å². The summed E-state index contributed by atoms with van der Waals surface area (Å²) in [5.74, 6) is -3.14. The summed E-state index contributed by atoms with van der Waals surface area (Å²) in [5.41, 5.74) is 0.497. The number of amides is 1. The Morgan fingerprint density at radius 1 is 1.31 bits per heavy atom. The summed E-state index contributed by atoms with van der Waals surface area (Å²) in [4.78, 5) is 23.6. The fourth-order valence-corrected chi connectivity index (χ4v) is 2.45. The molecule has 26 heavy (non-hydrogen) atoms. The van der Waals surface area contributed by atoms with E-state index in [4.69, 9.17) is 0 Å². The van der Waals surface area contributed by atoms with Crippen LogP contribution >= 0.6 is 0 Å². The normalized spacial score (nSPS) is 12.2. The van der Waals surface area contributed by atoms with Crippen LogP contribution in [0.2, 0.25) is 0 Å². The van der Waals surface area contributed by atoms with Gasteiger partial charge in [-0.15, -0.1) is 5.10 Å². The topological polar surface area (TPSA) is 97.1 Å². The number of benzene rings is 1. The summed E-state index contributed by atoms with van der Waals surface area (Å²) in [6.45, 7) is 5.23. The molecule has 0 aliphatic carbocycles. The number of nitrogens with one attached hydrogen (secondary N) is 1. The van der Waals surface area contributed by atoms with E-state index in [-0.39, 0.29) is 30.1 Å². The third-order valence-corrected chi connectivity index (χ3v) is 3.84. The van der Waals surface area contributed by atoms with Crippen molar-refractivity contribution in [2.24, 2.45) is 5.92 Å². The van der Waals surface area contributed by atoms with Crippen molar-refractivity contribution >= 4 is 11.9 Å². The SMILES string of the molecule is Cc1c(C(=O)N[C@H](CC(C)C)C(=O)O)nnn1Cc1ccc(F)cc1F. The Labute approximate surface area is 149 Å². The first-order chi connectivity index (χ1) is 12.2. The molecule has 9 heteroatoms. The smallest absolute Gasteiger partial charge is 0.326 e. The minimum absolute atomic E-state index is 0.0351. The zero-order valence-electron chi connectivity index (χ0n) is 14.7. The number of carboxylic acid groups (broad SMARTS) is 1. The highest BCUT2D eigenvalue weighted by molar-refractivity contribution is 5.95. The van der Waals surface area contributed by atoms with Gasteiger partial charge < -0.3 is 10.4 Å². The lowest BCUT2D eigenvalue weighted by molar-refractivity contribution is -0.139. The highest BCUT2D eigenvalue weighted by atomic mass is 19.1. The first-order valence-corrected chi connectivity index (χ1v) is 8.06. The molecule has 0 radical (unpaired) electrons. The van der Waals surface area contributed by atoms with Gasteiger partial charge in [0.15, 0.2) is 5.69 Å². The van der Waals surface area contributed by atoms with Crippen LogP contribution in [0.1, 0.15) is 42.0 Å². The molecule has 2 rings (SSSR count). The number of halogens is 2. The van der Waals surface area contributed by atoms with Crippen LogP contribution in [0.15, 0.2) is 18.2 Å². The molecule has 140 valence electrons. The Hall–Kier alpha value is -2.84. The summed E-state index contributed by atoms with van der Waals surface area (Å²) >= 11 is 0. The van der Waals surface area contributed by atoms with E-state index in [2.05, 4.69) is 15.6 Å². The Bertz CT molecular complexity index is 820. The van der Waals surface area contributed by atoms with Gasteiger partial charge in [-0.1, -0.05) is 25.1 Å². The Balaban J connectivity index is 2.16. The largest absolute Gasteiger partial charge is 0.480 e. The van der Waals surface area contributed by atoms with Crippen molar-refractivity contribution in [3.63, 3.8) is 0 Å². The van der Waals surface area contributed by atoms with Crippen LogP contribution in [-0.2, 0) is 11.3 Å². The molecule has 0 spiro atoms. The number of aliphatic carboxylic acids is 1. The number of hydrogen-bond acceptors (Lipinski definition) is 4. The predicted molar refractivity (Wildman–Crippen MR) is 88.6 cm³/mol. The van der Waals surface area contributed by atoms with E-state index in [1.54, 1.807) is 6.92 Å². The Morgan fingerprint density at radius 3 is 2.58 bits per heavy atom. The molecule has 0 aliphatic heterocycles. The molecular weight excluding hydrogens is 346 g/mol. The van der Waals surface area contributed by atoms with Gasteiger partial charge in [0.05, 0.1) is 12.2 Å². The van der Waals surface area contributed by atoms with Gasteiger partial charge in [-0.25, -0.2) is 18.3 Å². The van der Waals surface area contributed by atoms with E-state index in [1.165, 1.54) is 10.7 Å². The number of nitrogens with zero attached hydrogens (tertiary/aromatic N) is 3. The maximum Gasteiger partial charge on any atom is 0.326 e. The molecule has 7 nitrogen and oxygen atoms in total. The van der Waals surface area contributed by atoms with Gasteiger partial charge in [0, 0.05) is 11.6 Å². The van der Waals surface area contributed by atoms with Crippen molar-refractivity contribution in [2.45, 2.75) is 39.8 Å². The van der Waals surface area contributed by atoms with Crippen LogP contribution < -0.4 is 5.32 Å². The molecule has 0 saturated heterocycles. The summed E-state index contributed by atoms with van der Waals surface area (Å²) in [6, 6.07) is 2.14. The van der Waals surface area contributed by atoms with Crippen LogP contribution in [0.4, 0.5) is 8.78 Å². The molecule has 1 atom stereocenters. The molecule has 1 heterocycles. The fraction of sp³-hybridized carbons (Fsp3) is 0.412. The number of carbonyl (C=O) groups is 2. The molecule has 1 aromatic heterocycles. The van der Waals surface area contributed by atoms with Crippen molar-refractivity contribution in [1.82, 2.24) is 20.3 Å². The lowest BCUT2D eigenvalue weighted by Gasteiger charge is -2.15. The minimum Gasteiger partial charge on any atom is -0.480 e. The average Bonchev–Trinajstić information content (AvgIpc) is 2.90. The standard InChI is InChI=1S/C17H20F2N4O3/c1-9(2)6-14(17(25)26)20-16(24)15-10(3)23(22-21-15)8-11-4-5-12(18)7-13(11)19/h4-5,7,9,14H,6,8H2,1-3H3,(H,20,24)(H,25,26)/t14-/m1/s1. The van der Waals surface area contributed by atoms with Gasteiger partial charge in [-0.05, 0) is 25.3 Å². The van der Waals surface area contributed by atoms with Crippen LogP contribution in [0.25, 0.3) is 0 Å². The molecule has 0 fully saturated rings. The van der Waals surface area contributed by atoms with Crippen molar-refractivity contribution in [3.8, 4) is 0 Å². The average molecular weight is 366 g/mol. The van der Waals surface area contributed by atoms with Gasteiger partial charge >= 0.3 is 5.97 Å². The van der Waals surface area contributed by atoms with Crippen molar-refractivity contribution in [1.29, 1.82) is 0 Å². The van der Waals surface area contributed by atoms with Gasteiger partial charge in [-0.2, -0.15) is 0 Å². The maximum absolute atomic E-state index is 13.8. The first-order valence-electron chi connectivity index (χ1n) is 8.06. The fourth-order valence-electron chi connectivity index (χ4n) is 2.45. The van der Waals surface area contributed by atoms with E-state index in [9.17, 15) is 23.5 Å². The monoisotopic (exact) mass is 366 g/mol. The van der Waals surface area contributed by atoms with Crippen molar-refractivity contribution in [2.75, 3.05) is 0 Å². The van der Waals surface area contributed by atoms with Crippen LogP contribution in [0, 0.1) is 24.5 Å². The highest BCUT2D eigenvalue weighted by Crippen LogP contribution is 2.13. The lowest BCUT2D eigenvalue weighted by Crippen LogP contribution is -2.42. The quantitative estimate of drug-likeness (QED) is 0.783. The van der Waals surface area contributed by atoms with Gasteiger partial charge in [-0.3, -0.25) is 4.79 Å². The van der Waals surface area contributed by atoms with E-state index in [0.29, 0.717) is 5.69 Å². The van der Waals surface area contributed by atoms with E-state index in [0.717, 1.165) is 12.1 Å². The summed E-state index contributed by atoms with van der Waals surface area (Å²) in [5, 5.41) is 19.2. The molecule has 0 bridgehead atoms. The van der Waals surface area contributed by atoms with E-state index in [1.807, 2.05) is 13.8 Å². The van der Waals surface area contributed by atoms with E-state index < -0.39 is 29.6 Å². The second-order valence-electron chi connectivity index (χ2n) is 6.41. The molecule has 2 N–H and O–H groups in total. The van der Waals surface area contributed by atoms with Crippen molar-refractivity contribution in [3.05, 3.63) is 46.8 Å². The second kappa shape index (κ2) is 8.03. The molecule has 0 aliphatic rings. The first kappa shape index (κ1) is 19.5. The zero-order chi connectivity index (χ0) is 19.4. The van der Waals surface area contributed by atoms with Crippen LogP contribution in [0.5, 0.6) is 0 Å². The van der Waals surface area contributed by atoms with Gasteiger partial charge in [0.2, 0.25) is 0 Å². The number of carboxylic acids is 1. The van der Waals surface area contributed by atoms with E-state index >= 15 is 0 Å². The Kier molecular flexibility index (Phi) is 6.01. The third-order valence-electron chi connectivity index (χ3n) is 3.84. The molecule has 1 amide bonds. The van der Waals surface area contributed by atoms with Gasteiger partial charge in [0.25, 0.3) is 5.91 Å². The zero-order valence-corrected chi connectivity index (χ0v) is 14.7. The minimum atomic E-state index is -1.13. The van der Waals surface area contributed by atoms with Crippen LogP contribution in [0.3, 0.4) is 0 Å². The summed E-state index contributed by atoms with van der Waals surface area (Å²) < 4.78 is 28.0. The molecule has 1 aromatic carbocycles.